The minimum absolute atomic E-state index is 0.0932. The molecule has 0 aromatic heterocycles. The lowest BCUT2D eigenvalue weighted by atomic mass is 9.94. The molecule has 1 aliphatic rings. The molecule has 6 heteroatoms. The molecule has 3 atom stereocenters. The zero-order valence-corrected chi connectivity index (χ0v) is 22.7. The average Bonchev–Trinajstić information content (AvgIpc) is 3.24. The molecule has 1 unspecified atom stereocenters. The smallest absolute Gasteiger partial charge is 0.339 e. The highest BCUT2D eigenvalue weighted by Gasteiger charge is 2.52. The third-order valence-corrected chi connectivity index (χ3v) is 6.75. The van der Waals surface area contributed by atoms with Crippen LogP contribution < -0.4 is 0 Å². The van der Waals surface area contributed by atoms with E-state index in [0.717, 1.165) is 29.9 Å². The highest BCUT2D eigenvalue weighted by atomic mass is 16.8. The van der Waals surface area contributed by atoms with Crippen LogP contribution in [0, 0.1) is 11.8 Å². The fraction of sp³-hybridized carbons (Fsp3) is 0.548. The summed E-state index contributed by atoms with van der Waals surface area (Å²) in [5, 5.41) is 0. The van der Waals surface area contributed by atoms with Gasteiger partial charge in [-0.2, -0.15) is 0 Å². The number of rotatable bonds is 14. The van der Waals surface area contributed by atoms with Crippen molar-refractivity contribution in [3.05, 3.63) is 71.8 Å². The van der Waals surface area contributed by atoms with Crippen LogP contribution in [0.15, 0.2) is 60.7 Å². The largest absolute Gasteiger partial charge is 0.459 e. The summed E-state index contributed by atoms with van der Waals surface area (Å²) in [4.78, 5) is 26.0. The second kappa shape index (κ2) is 14.3. The van der Waals surface area contributed by atoms with Gasteiger partial charge >= 0.3 is 11.9 Å². The Hall–Kier alpha value is -2.70. The van der Waals surface area contributed by atoms with Crippen LogP contribution in [0.4, 0.5) is 0 Å². The minimum atomic E-state index is -1.18. The van der Waals surface area contributed by atoms with E-state index in [2.05, 4.69) is 20.8 Å². The molecule has 0 amide bonds. The number of hydrogen-bond donors (Lipinski definition) is 0. The zero-order chi connectivity index (χ0) is 26.7. The van der Waals surface area contributed by atoms with Crippen molar-refractivity contribution in [2.75, 3.05) is 0 Å². The van der Waals surface area contributed by atoms with Crippen LogP contribution in [0.25, 0.3) is 0 Å². The highest BCUT2D eigenvalue weighted by molar-refractivity contribution is 5.86. The molecule has 0 N–H and O–H groups in total. The Morgan fingerprint density at radius 3 is 1.68 bits per heavy atom. The first kappa shape index (κ1) is 28.9. The topological polar surface area (TPSA) is 71.1 Å². The van der Waals surface area contributed by atoms with E-state index >= 15 is 0 Å². The third-order valence-electron chi connectivity index (χ3n) is 6.75. The Kier molecular flexibility index (Phi) is 11.2. The van der Waals surface area contributed by atoms with Gasteiger partial charge in [-0.05, 0) is 36.3 Å². The van der Waals surface area contributed by atoms with Crippen molar-refractivity contribution in [3.63, 3.8) is 0 Å². The van der Waals surface area contributed by atoms with E-state index in [1.165, 1.54) is 19.3 Å². The predicted octanol–water partition coefficient (Wildman–Crippen LogP) is 6.61. The van der Waals surface area contributed by atoms with E-state index in [0.29, 0.717) is 12.3 Å². The van der Waals surface area contributed by atoms with Gasteiger partial charge in [-0.1, -0.05) is 107 Å². The van der Waals surface area contributed by atoms with Crippen molar-refractivity contribution in [2.24, 2.45) is 11.8 Å². The second-order valence-corrected chi connectivity index (χ2v) is 10.7. The molecule has 1 heterocycles. The van der Waals surface area contributed by atoms with Crippen LogP contribution in [-0.4, -0.2) is 29.9 Å². The van der Waals surface area contributed by atoms with Gasteiger partial charge in [0.15, 0.2) is 18.0 Å². The molecular formula is C31H42O6. The second-order valence-electron chi connectivity index (χ2n) is 10.7. The maximum Gasteiger partial charge on any atom is 0.339 e. The number of hydrogen-bond acceptors (Lipinski definition) is 6. The van der Waals surface area contributed by atoms with Gasteiger partial charge in [-0.3, -0.25) is 0 Å². The molecular weight excluding hydrogens is 468 g/mol. The minimum Gasteiger partial charge on any atom is -0.459 e. The number of carbonyl (C=O) groups excluding carboxylic acids is 2. The summed E-state index contributed by atoms with van der Waals surface area (Å²) in [6, 6.07) is 18.8. The van der Waals surface area contributed by atoms with Crippen molar-refractivity contribution in [2.45, 2.75) is 97.4 Å². The Labute approximate surface area is 221 Å². The van der Waals surface area contributed by atoms with Gasteiger partial charge in [0.2, 0.25) is 0 Å². The summed E-state index contributed by atoms with van der Waals surface area (Å²) in [5.41, 5.74) is 1.71. The van der Waals surface area contributed by atoms with Gasteiger partial charge in [0.25, 0.3) is 0 Å². The lowest BCUT2D eigenvalue weighted by Gasteiger charge is -2.24. The van der Waals surface area contributed by atoms with Gasteiger partial charge < -0.3 is 18.9 Å². The fourth-order valence-electron chi connectivity index (χ4n) is 4.56. The Morgan fingerprint density at radius 2 is 1.22 bits per heavy atom. The van der Waals surface area contributed by atoms with Gasteiger partial charge in [0.05, 0.1) is 0 Å². The molecule has 1 saturated heterocycles. The number of benzene rings is 2. The van der Waals surface area contributed by atoms with Crippen LogP contribution in [0.1, 0.15) is 77.3 Å². The zero-order valence-electron chi connectivity index (χ0n) is 22.7. The van der Waals surface area contributed by atoms with Crippen molar-refractivity contribution < 1.29 is 28.5 Å². The van der Waals surface area contributed by atoms with Crippen molar-refractivity contribution in [3.8, 4) is 0 Å². The first-order valence-electron chi connectivity index (χ1n) is 13.5. The molecule has 0 spiro atoms. The van der Waals surface area contributed by atoms with Crippen LogP contribution in [-0.2, 0) is 41.8 Å². The van der Waals surface area contributed by atoms with E-state index in [1.54, 1.807) is 6.92 Å². The Bertz CT molecular complexity index is 895. The van der Waals surface area contributed by atoms with Crippen molar-refractivity contribution >= 4 is 11.9 Å². The molecule has 1 fully saturated rings. The van der Waals surface area contributed by atoms with E-state index in [4.69, 9.17) is 18.9 Å². The summed E-state index contributed by atoms with van der Waals surface area (Å²) in [6.07, 6.45) is 3.79. The monoisotopic (exact) mass is 510 g/mol. The molecule has 2 aromatic rings. The van der Waals surface area contributed by atoms with E-state index < -0.39 is 29.9 Å². The fourth-order valence-corrected chi connectivity index (χ4v) is 4.56. The molecule has 0 saturated carbocycles. The number of carbonyl (C=O) groups is 2. The highest BCUT2D eigenvalue weighted by Crippen LogP contribution is 2.35. The van der Waals surface area contributed by atoms with Gasteiger partial charge in [0.1, 0.15) is 13.2 Å². The summed E-state index contributed by atoms with van der Waals surface area (Å²) >= 11 is 0. The van der Waals surface area contributed by atoms with Crippen LogP contribution in [0.3, 0.4) is 0 Å². The standard InChI is InChI=1S/C31H42O6/c1-23(2)13-11-14-24(3)15-12-20-31(4)36-27(29(32)34-21-25-16-7-5-8-17-25)28(37-31)30(33)35-22-26-18-9-6-10-19-26/h5-10,16-19,23-24,27-28H,11-15,20-22H2,1-4H3/t24?,27-,28-/m1/s1. The molecule has 0 bridgehead atoms. The van der Waals surface area contributed by atoms with Gasteiger partial charge in [0, 0.05) is 6.42 Å². The first-order chi connectivity index (χ1) is 17.8. The van der Waals surface area contributed by atoms with Crippen molar-refractivity contribution in [1.82, 2.24) is 0 Å². The summed E-state index contributed by atoms with van der Waals surface area (Å²) in [6.45, 7) is 8.75. The Balaban J connectivity index is 1.59. The molecule has 1 aliphatic heterocycles. The van der Waals surface area contributed by atoms with Gasteiger partial charge in [-0.25, -0.2) is 9.59 Å². The molecule has 37 heavy (non-hydrogen) atoms. The summed E-state index contributed by atoms with van der Waals surface area (Å²) in [5.74, 6) is -0.997. The van der Waals surface area contributed by atoms with Crippen LogP contribution in [0.5, 0.6) is 0 Å². The molecule has 2 aromatic carbocycles. The lowest BCUT2D eigenvalue weighted by Crippen LogP contribution is -2.39. The molecule has 6 nitrogen and oxygen atoms in total. The summed E-state index contributed by atoms with van der Waals surface area (Å²) in [7, 11) is 0. The summed E-state index contributed by atoms with van der Waals surface area (Å²) < 4.78 is 23.2. The van der Waals surface area contributed by atoms with Crippen LogP contribution >= 0.6 is 0 Å². The molecule has 202 valence electrons. The number of ether oxygens (including phenoxy) is 4. The van der Waals surface area contributed by atoms with E-state index in [1.807, 2.05) is 60.7 Å². The first-order valence-corrected chi connectivity index (χ1v) is 13.5. The van der Waals surface area contributed by atoms with Gasteiger partial charge in [-0.15, -0.1) is 0 Å². The SMILES string of the molecule is CC(C)CCCC(C)CCCC1(C)O[C@@H](C(=O)OCc2ccccc2)[C@H](C(=O)OCc2ccccc2)O1. The quantitative estimate of drug-likeness (QED) is 0.267. The van der Waals surface area contributed by atoms with E-state index in [9.17, 15) is 9.59 Å². The number of esters is 2. The molecule has 0 radical (unpaired) electrons. The molecule has 0 aliphatic carbocycles. The maximum atomic E-state index is 13.0. The van der Waals surface area contributed by atoms with Crippen molar-refractivity contribution in [1.29, 1.82) is 0 Å². The molecule has 3 rings (SSSR count). The lowest BCUT2D eigenvalue weighted by molar-refractivity contribution is -0.185. The predicted molar refractivity (Wildman–Crippen MR) is 142 cm³/mol. The van der Waals surface area contributed by atoms with E-state index in [-0.39, 0.29) is 13.2 Å². The third kappa shape index (κ3) is 9.60. The van der Waals surface area contributed by atoms with Crippen LogP contribution in [0.2, 0.25) is 0 Å². The average molecular weight is 511 g/mol. The maximum absolute atomic E-state index is 13.0. The normalized spacial score (nSPS) is 19.5. The Morgan fingerprint density at radius 1 is 0.757 bits per heavy atom.